The lowest BCUT2D eigenvalue weighted by atomic mass is 10.1. The number of β-amino-alcohol motifs (C(OH)–C–C–N with tert-alkyl or cyclic N) is 1. The van der Waals surface area contributed by atoms with Gasteiger partial charge >= 0.3 is 5.97 Å². The third-order valence-electron chi connectivity index (χ3n) is 5.38. The average Bonchev–Trinajstić information content (AvgIpc) is 3.24. The summed E-state index contributed by atoms with van der Waals surface area (Å²) in [5.74, 6) is -1.78. The number of likely N-dealkylation sites (tertiary alicyclic amines) is 1. The molecule has 28 heavy (non-hydrogen) atoms. The Balaban J connectivity index is 1.93. The summed E-state index contributed by atoms with van der Waals surface area (Å²) >= 11 is 6.07. The molecule has 2 aliphatic rings. The first-order valence-electron chi connectivity index (χ1n) is 9.04. The summed E-state index contributed by atoms with van der Waals surface area (Å²) in [6.07, 6.45) is -0.189. The van der Waals surface area contributed by atoms with Gasteiger partial charge in [-0.15, -0.1) is 0 Å². The number of carboxylic acids is 1. The number of carboxylic acid groups (broad SMARTS) is 1. The van der Waals surface area contributed by atoms with Gasteiger partial charge in [0, 0.05) is 24.5 Å². The van der Waals surface area contributed by atoms with Crippen LogP contribution in [0.3, 0.4) is 0 Å². The summed E-state index contributed by atoms with van der Waals surface area (Å²) in [4.78, 5) is 25.6. The molecular formula is C18H23ClN2O6S. The molecule has 10 heteroatoms. The van der Waals surface area contributed by atoms with Crippen molar-refractivity contribution in [1.82, 2.24) is 9.21 Å². The van der Waals surface area contributed by atoms with E-state index in [0.717, 1.165) is 9.21 Å². The molecule has 0 bridgehead atoms. The van der Waals surface area contributed by atoms with E-state index in [0.29, 0.717) is 29.0 Å². The number of carbonyl (C=O) groups excluding carboxylic acids is 1. The van der Waals surface area contributed by atoms with Crippen molar-refractivity contribution < 1.29 is 28.2 Å². The van der Waals surface area contributed by atoms with Gasteiger partial charge in [0.15, 0.2) is 0 Å². The fourth-order valence-electron chi connectivity index (χ4n) is 3.92. The third-order valence-corrected chi connectivity index (χ3v) is 7.84. The zero-order valence-corrected chi connectivity index (χ0v) is 17.2. The fourth-order valence-corrected chi connectivity index (χ4v) is 6.08. The zero-order valence-electron chi connectivity index (χ0n) is 15.6. The third kappa shape index (κ3) is 3.63. The van der Waals surface area contributed by atoms with Crippen LogP contribution in [0.1, 0.15) is 30.4 Å². The Hall–Kier alpha value is -1.68. The highest BCUT2D eigenvalue weighted by Crippen LogP contribution is 2.32. The molecular weight excluding hydrogens is 408 g/mol. The maximum atomic E-state index is 13.3. The van der Waals surface area contributed by atoms with Crippen LogP contribution in [-0.2, 0) is 19.6 Å². The van der Waals surface area contributed by atoms with Gasteiger partial charge in [-0.3, -0.25) is 4.79 Å². The van der Waals surface area contributed by atoms with E-state index >= 15 is 0 Å². The van der Waals surface area contributed by atoms with Crippen LogP contribution < -0.4 is 0 Å². The van der Waals surface area contributed by atoms with Crippen molar-refractivity contribution in [3.63, 3.8) is 0 Å². The summed E-state index contributed by atoms with van der Waals surface area (Å²) in [6.45, 7) is 3.41. The molecule has 154 valence electrons. The average molecular weight is 431 g/mol. The maximum Gasteiger partial charge on any atom is 0.326 e. The number of sulfonamides is 1. The highest BCUT2D eigenvalue weighted by atomic mass is 35.5. The van der Waals surface area contributed by atoms with Crippen LogP contribution in [0.25, 0.3) is 0 Å². The van der Waals surface area contributed by atoms with Crippen molar-refractivity contribution in [2.45, 2.75) is 56.2 Å². The summed E-state index contributed by atoms with van der Waals surface area (Å²) < 4.78 is 27.7. The Morgan fingerprint density at radius 1 is 1.18 bits per heavy atom. The molecule has 8 nitrogen and oxygen atoms in total. The lowest BCUT2D eigenvalue weighted by molar-refractivity contribution is -0.149. The van der Waals surface area contributed by atoms with Gasteiger partial charge in [0.05, 0.1) is 11.0 Å². The number of hydrogen-bond donors (Lipinski definition) is 2. The second-order valence-corrected chi connectivity index (χ2v) is 9.64. The summed E-state index contributed by atoms with van der Waals surface area (Å²) in [5.41, 5.74) is 1.09. The van der Waals surface area contributed by atoms with Crippen LogP contribution in [0.5, 0.6) is 0 Å². The normalized spacial score (nSPS) is 26.0. The summed E-state index contributed by atoms with van der Waals surface area (Å²) in [7, 11) is -3.97. The van der Waals surface area contributed by atoms with Gasteiger partial charge in [-0.2, -0.15) is 4.31 Å². The number of aryl methyl sites for hydroxylation is 2. The smallest absolute Gasteiger partial charge is 0.326 e. The number of halogens is 1. The Morgan fingerprint density at radius 2 is 1.86 bits per heavy atom. The van der Waals surface area contributed by atoms with Crippen molar-refractivity contribution >= 4 is 33.5 Å². The minimum Gasteiger partial charge on any atom is -0.480 e. The number of benzene rings is 1. The molecule has 3 atom stereocenters. The SMILES string of the molecule is Cc1cc(S(=O)(=O)N2CCC[C@@H]2C(=O)N2C[C@H](O)C[C@H]2C(=O)O)c(C)cc1Cl. The molecule has 0 aliphatic carbocycles. The van der Waals surface area contributed by atoms with Gasteiger partial charge < -0.3 is 15.1 Å². The van der Waals surface area contributed by atoms with E-state index in [-0.39, 0.29) is 24.4 Å². The molecule has 1 amide bonds. The standard InChI is InChI=1S/C18H23ClN2O6S/c1-10-7-16(11(2)6-13(10)19)28(26,27)21-5-3-4-14(21)17(23)20-9-12(22)8-15(20)18(24)25/h6-7,12,14-15,22H,3-5,8-9H2,1-2H3,(H,24,25)/t12-,14-,15+/m1/s1. The van der Waals surface area contributed by atoms with Crippen LogP contribution in [-0.4, -0.2) is 71.0 Å². The monoisotopic (exact) mass is 430 g/mol. The predicted octanol–water partition coefficient (Wildman–Crippen LogP) is 1.16. The van der Waals surface area contributed by atoms with Crippen molar-refractivity contribution in [2.24, 2.45) is 0 Å². The minimum absolute atomic E-state index is 0.0595. The summed E-state index contributed by atoms with van der Waals surface area (Å²) in [6, 6.07) is 0.945. The Kier molecular flexibility index (Phi) is 5.73. The van der Waals surface area contributed by atoms with Crippen LogP contribution in [0, 0.1) is 13.8 Å². The number of rotatable bonds is 4. The predicted molar refractivity (Wildman–Crippen MR) is 102 cm³/mol. The highest BCUT2D eigenvalue weighted by Gasteiger charge is 2.46. The van der Waals surface area contributed by atoms with E-state index in [9.17, 15) is 28.2 Å². The second-order valence-electron chi connectivity index (χ2n) is 7.37. The number of carbonyl (C=O) groups is 2. The Morgan fingerprint density at radius 3 is 2.50 bits per heavy atom. The molecule has 3 rings (SSSR count). The van der Waals surface area contributed by atoms with Gasteiger partial charge in [-0.25, -0.2) is 13.2 Å². The molecule has 2 saturated heterocycles. The summed E-state index contributed by atoms with van der Waals surface area (Å²) in [5, 5.41) is 19.6. The fraction of sp³-hybridized carbons (Fsp3) is 0.556. The van der Waals surface area contributed by atoms with E-state index in [2.05, 4.69) is 0 Å². The Labute approximate surface area is 168 Å². The number of hydrogen-bond acceptors (Lipinski definition) is 5. The second kappa shape index (κ2) is 7.62. The van der Waals surface area contributed by atoms with Gasteiger partial charge in [0.25, 0.3) is 0 Å². The lowest BCUT2D eigenvalue weighted by Crippen LogP contribution is -2.51. The quantitative estimate of drug-likeness (QED) is 0.740. The van der Waals surface area contributed by atoms with E-state index in [4.69, 9.17) is 11.6 Å². The van der Waals surface area contributed by atoms with Crippen LogP contribution >= 0.6 is 11.6 Å². The number of nitrogens with zero attached hydrogens (tertiary/aromatic N) is 2. The minimum atomic E-state index is -3.97. The first-order chi connectivity index (χ1) is 13.0. The molecule has 2 heterocycles. The van der Waals surface area contributed by atoms with Crippen molar-refractivity contribution in [3.8, 4) is 0 Å². The van der Waals surface area contributed by atoms with E-state index in [1.807, 2.05) is 0 Å². The number of amides is 1. The number of aliphatic carboxylic acids is 1. The largest absolute Gasteiger partial charge is 0.480 e. The Bertz CT molecular complexity index is 919. The van der Waals surface area contributed by atoms with Crippen LogP contribution in [0.4, 0.5) is 0 Å². The van der Waals surface area contributed by atoms with Gasteiger partial charge in [-0.05, 0) is 49.9 Å². The van der Waals surface area contributed by atoms with E-state index in [1.165, 1.54) is 6.07 Å². The molecule has 1 aromatic rings. The first kappa shape index (κ1) is 21.0. The maximum absolute atomic E-state index is 13.3. The zero-order chi connectivity index (χ0) is 20.8. The van der Waals surface area contributed by atoms with E-state index in [1.54, 1.807) is 19.9 Å². The van der Waals surface area contributed by atoms with Crippen molar-refractivity contribution in [1.29, 1.82) is 0 Å². The molecule has 2 fully saturated rings. The molecule has 1 aromatic carbocycles. The number of aliphatic hydroxyl groups is 1. The molecule has 0 aromatic heterocycles. The van der Waals surface area contributed by atoms with Gasteiger partial charge in [0.1, 0.15) is 12.1 Å². The van der Waals surface area contributed by atoms with Gasteiger partial charge in [-0.1, -0.05) is 11.6 Å². The molecule has 0 unspecified atom stereocenters. The highest BCUT2D eigenvalue weighted by molar-refractivity contribution is 7.89. The molecule has 0 saturated carbocycles. The molecule has 2 aliphatic heterocycles. The number of aliphatic hydroxyl groups excluding tert-OH is 1. The van der Waals surface area contributed by atoms with E-state index < -0.39 is 40.1 Å². The lowest BCUT2D eigenvalue weighted by Gasteiger charge is -2.29. The molecule has 0 radical (unpaired) electrons. The van der Waals surface area contributed by atoms with Crippen molar-refractivity contribution in [3.05, 3.63) is 28.3 Å². The van der Waals surface area contributed by atoms with Crippen molar-refractivity contribution in [2.75, 3.05) is 13.1 Å². The van der Waals surface area contributed by atoms with Crippen LogP contribution in [0.2, 0.25) is 5.02 Å². The van der Waals surface area contributed by atoms with Gasteiger partial charge in [0.2, 0.25) is 15.9 Å². The molecule has 2 N–H and O–H groups in total. The first-order valence-corrected chi connectivity index (χ1v) is 10.9. The molecule has 0 spiro atoms. The van der Waals surface area contributed by atoms with Crippen LogP contribution in [0.15, 0.2) is 17.0 Å². The topological polar surface area (TPSA) is 115 Å².